The molecule has 1 amide bonds. The van der Waals surface area contributed by atoms with Crippen molar-refractivity contribution in [2.24, 2.45) is 0 Å². The standard InChI is InChI=1S/C18H29NO5/c1-15-5-7-16(8-6-15)23-14-13-22-12-11-21-10-9-19-17(20)24-18(2,3)4/h5-8H,9-14H2,1-4H3,(H,19,20). The molecule has 136 valence electrons. The van der Waals surface area contributed by atoms with Gasteiger partial charge < -0.3 is 24.3 Å². The molecule has 0 saturated heterocycles. The minimum Gasteiger partial charge on any atom is -0.491 e. The maximum atomic E-state index is 11.4. The fourth-order valence-corrected chi connectivity index (χ4v) is 1.71. The van der Waals surface area contributed by atoms with E-state index in [9.17, 15) is 4.79 Å². The number of ether oxygens (including phenoxy) is 4. The summed E-state index contributed by atoms with van der Waals surface area (Å²) in [6.45, 7) is 10.3. The molecule has 0 unspecified atom stereocenters. The molecule has 24 heavy (non-hydrogen) atoms. The number of hydrogen-bond acceptors (Lipinski definition) is 5. The Labute approximate surface area is 144 Å². The smallest absolute Gasteiger partial charge is 0.407 e. The summed E-state index contributed by atoms with van der Waals surface area (Å²) in [6.07, 6.45) is -0.435. The van der Waals surface area contributed by atoms with Crippen LogP contribution in [0.25, 0.3) is 0 Å². The summed E-state index contributed by atoms with van der Waals surface area (Å²) in [5, 5.41) is 2.63. The van der Waals surface area contributed by atoms with Crippen LogP contribution in [0.4, 0.5) is 4.79 Å². The zero-order chi connectivity index (χ0) is 17.8. The van der Waals surface area contributed by atoms with Gasteiger partial charge in [-0.1, -0.05) is 17.7 Å². The molecule has 1 rings (SSSR count). The molecular formula is C18H29NO5. The molecule has 0 aliphatic heterocycles. The summed E-state index contributed by atoms with van der Waals surface area (Å²) in [5.74, 6) is 0.841. The summed E-state index contributed by atoms with van der Waals surface area (Å²) in [6, 6.07) is 7.90. The van der Waals surface area contributed by atoms with E-state index in [1.807, 2.05) is 52.0 Å². The van der Waals surface area contributed by atoms with Crippen LogP contribution < -0.4 is 10.1 Å². The van der Waals surface area contributed by atoms with Crippen LogP contribution in [-0.2, 0) is 14.2 Å². The highest BCUT2D eigenvalue weighted by molar-refractivity contribution is 5.67. The lowest BCUT2D eigenvalue weighted by Crippen LogP contribution is -2.34. The van der Waals surface area contributed by atoms with Gasteiger partial charge in [-0.2, -0.15) is 0 Å². The van der Waals surface area contributed by atoms with E-state index in [4.69, 9.17) is 18.9 Å². The van der Waals surface area contributed by atoms with Crippen molar-refractivity contribution >= 4 is 6.09 Å². The Kier molecular flexibility index (Phi) is 9.19. The predicted molar refractivity (Wildman–Crippen MR) is 92.5 cm³/mol. The van der Waals surface area contributed by atoms with Gasteiger partial charge in [0, 0.05) is 6.54 Å². The second-order valence-corrected chi connectivity index (χ2v) is 6.31. The van der Waals surface area contributed by atoms with E-state index in [0.29, 0.717) is 39.6 Å². The van der Waals surface area contributed by atoms with Crippen LogP contribution in [0.1, 0.15) is 26.3 Å². The fourth-order valence-electron chi connectivity index (χ4n) is 1.71. The van der Waals surface area contributed by atoms with Crippen LogP contribution in [0, 0.1) is 6.92 Å². The van der Waals surface area contributed by atoms with Crippen LogP contribution in [0.15, 0.2) is 24.3 Å². The summed E-state index contributed by atoms with van der Waals surface area (Å²) in [4.78, 5) is 11.4. The molecule has 1 aromatic carbocycles. The molecular weight excluding hydrogens is 310 g/mol. The first-order valence-corrected chi connectivity index (χ1v) is 8.18. The second kappa shape index (κ2) is 10.9. The van der Waals surface area contributed by atoms with Crippen molar-refractivity contribution in [1.82, 2.24) is 5.32 Å². The third-order valence-corrected chi connectivity index (χ3v) is 2.80. The molecule has 6 heteroatoms. The van der Waals surface area contributed by atoms with E-state index in [-0.39, 0.29) is 0 Å². The summed E-state index contributed by atoms with van der Waals surface area (Å²) in [7, 11) is 0. The van der Waals surface area contributed by atoms with Gasteiger partial charge in [0.2, 0.25) is 0 Å². The minimum atomic E-state index is -0.487. The highest BCUT2D eigenvalue weighted by Crippen LogP contribution is 2.10. The molecule has 0 aliphatic rings. The van der Waals surface area contributed by atoms with Crippen LogP contribution in [0.3, 0.4) is 0 Å². The minimum absolute atomic E-state index is 0.408. The number of carbonyl (C=O) groups is 1. The van der Waals surface area contributed by atoms with Crippen molar-refractivity contribution < 1.29 is 23.7 Å². The number of carbonyl (C=O) groups excluding carboxylic acids is 1. The van der Waals surface area contributed by atoms with Gasteiger partial charge in [0.25, 0.3) is 0 Å². The zero-order valence-electron chi connectivity index (χ0n) is 15.1. The van der Waals surface area contributed by atoms with Crippen molar-refractivity contribution in [1.29, 1.82) is 0 Å². The van der Waals surface area contributed by atoms with Gasteiger partial charge in [-0.25, -0.2) is 4.79 Å². The SMILES string of the molecule is Cc1ccc(OCCOCCOCCNC(=O)OC(C)(C)C)cc1. The van der Waals surface area contributed by atoms with Gasteiger partial charge in [-0.3, -0.25) is 0 Å². The second-order valence-electron chi connectivity index (χ2n) is 6.31. The molecule has 0 atom stereocenters. The third-order valence-electron chi connectivity index (χ3n) is 2.80. The summed E-state index contributed by atoms with van der Waals surface area (Å²) >= 11 is 0. The number of benzene rings is 1. The topological polar surface area (TPSA) is 66.0 Å². The molecule has 0 heterocycles. The van der Waals surface area contributed by atoms with E-state index < -0.39 is 11.7 Å². The largest absolute Gasteiger partial charge is 0.491 e. The Bertz CT molecular complexity index is 467. The van der Waals surface area contributed by atoms with Gasteiger partial charge in [-0.15, -0.1) is 0 Å². The number of amides is 1. The summed E-state index contributed by atoms with van der Waals surface area (Å²) in [5.41, 5.74) is 0.719. The summed E-state index contributed by atoms with van der Waals surface area (Å²) < 4.78 is 21.4. The first-order valence-electron chi connectivity index (χ1n) is 8.18. The Hall–Kier alpha value is -1.79. The molecule has 1 aromatic rings. The van der Waals surface area contributed by atoms with Gasteiger partial charge in [-0.05, 0) is 39.8 Å². The highest BCUT2D eigenvalue weighted by atomic mass is 16.6. The Morgan fingerprint density at radius 3 is 2.17 bits per heavy atom. The molecule has 0 bridgehead atoms. The van der Waals surface area contributed by atoms with E-state index >= 15 is 0 Å². The van der Waals surface area contributed by atoms with Crippen molar-refractivity contribution in [3.05, 3.63) is 29.8 Å². The molecule has 1 N–H and O–H groups in total. The molecule has 0 aromatic heterocycles. The Morgan fingerprint density at radius 2 is 1.54 bits per heavy atom. The molecule has 0 fully saturated rings. The monoisotopic (exact) mass is 339 g/mol. The average molecular weight is 339 g/mol. The maximum absolute atomic E-state index is 11.4. The number of alkyl carbamates (subject to hydrolysis) is 1. The lowest BCUT2D eigenvalue weighted by atomic mass is 10.2. The van der Waals surface area contributed by atoms with Crippen LogP contribution in [-0.4, -0.2) is 51.3 Å². The predicted octanol–water partition coefficient (Wildman–Crippen LogP) is 2.93. The maximum Gasteiger partial charge on any atom is 0.407 e. The highest BCUT2D eigenvalue weighted by Gasteiger charge is 2.15. The van der Waals surface area contributed by atoms with Crippen molar-refractivity contribution in [2.45, 2.75) is 33.3 Å². The molecule has 6 nitrogen and oxygen atoms in total. The Morgan fingerprint density at radius 1 is 0.958 bits per heavy atom. The van der Waals surface area contributed by atoms with Crippen molar-refractivity contribution in [3.8, 4) is 5.75 Å². The molecule has 0 spiro atoms. The van der Waals surface area contributed by atoms with Crippen molar-refractivity contribution in [3.63, 3.8) is 0 Å². The van der Waals surface area contributed by atoms with E-state index in [0.717, 1.165) is 5.75 Å². The lowest BCUT2D eigenvalue weighted by Gasteiger charge is -2.19. The van der Waals surface area contributed by atoms with E-state index in [2.05, 4.69) is 5.32 Å². The third kappa shape index (κ3) is 10.9. The van der Waals surface area contributed by atoms with Crippen molar-refractivity contribution in [2.75, 3.05) is 39.6 Å². The molecule has 0 aliphatic carbocycles. The number of nitrogens with one attached hydrogen (secondary N) is 1. The number of hydrogen-bond donors (Lipinski definition) is 1. The van der Waals surface area contributed by atoms with Gasteiger partial charge in [0.1, 0.15) is 18.0 Å². The van der Waals surface area contributed by atoms with Gasteiger partial charge >= 0.3 is 6.09 Å². The van der Waals surface area contributed by atoms with Crippen LogP contribution in [0.2, 0.25) is 0 Å². The van der Waals surface area contributed by atoms with Gasteiger partial charge in [0.05, 0.1) is 26.4 Å². The zero-order valence-corrected chi connectivity index (χ0v) is 15.1. The first kappa shape index (κ1) is 20.3. The number of aryl methyl sites for hydroxylation is 1. The first-order chi connectivity index (χ1) is 11.4. The normalized spacial score (nSPS) is 11.2. The average Bonchev–Trinajstić information content (AvgIpc) is 2.49. The van der Waals surface area contributed by atoms with E-state index in [1.54, 1.807) is 0 Å². The van der Waals surface area contributed by atoms with Gasteiger partial charge in [0.15, 0.2) is 0 Å². The fraction of sp³-hybridized carbons (Fsp3) is 0.611. The lowest BCUT2D eigenvalue weighted by molar-refractivity contribution is 0.0327. The molecule has 0 saturated carbocycles. The molecule has 0 radical (unpaired) electrons. The van der Waals surface area contributed by atoms with E-state index in [1.165, 1.54) is 5.56 Å². The quantitative estimate of drug-likeness (QED) is 0.664. The Balaban J connectivity index is 1.88. The van der Waals surface area contributed by atoms with Crippen LogP contribution in [0.5, 0.6) is 5.75 Å². The number of rotatable bonds is 10. The van der Waals surface area contributed by atoms with Crippen LogP contribution >= 0.6 is 0 Å².